The van der Waals surface area contributed by atoms with Gasteiger partial charge in [0.2, 0.25) is 17.5 Å². The second kappa shape index (κ2) is 8.97. The zero-order valence-corrected chi connectivity index (χ0v) is 18.9. The van der Waals surface area contributed by atoms with Crippen molar-refractivity contribution >= 4 is 23.2 Å². The molecule has 4 rings (SSSR count). The Morgan fingerprint density at radius 2 is 1.74 bits per heavy atom. The average Bonchev–Trinajstić information content (AvgIpc) is 3.34. The standard InChI is InChI=1S/C24H20F3N3O5/c1-12(2)20(31)18-19(16-6-4-5-7-17(16)34-24(25,26)27)30(23(33)21(18)32)15-10-8-14(9-11-15)22-28-13(3)35-29-22/h4-12,18-19H,1-3H3. The van der Waals surface area contributed by atoms with Crippen LogP contribution >= 0.6 is 0 Å². The molecule has 11 heteroatoms. The van der Waals surface area contributed by atoms with Gasteiger partial charge in [-0.15, -0.1) is 13.2 Å². The molecule has 1 aromatic heterocycles. The third-order valence-corrected chi connectivity index (χ3v) is 5.58. The van der Waals surface area contributed by atoms with E-state index in [1.165, 1.54) is 30.3 Å². The molecule has 0 saturated carbocycles. The van der Waals surface area contributed by atoms with Crippen molar-refractivity contribution in [1.29, 1.82) is 0 Å². The second-order valence-corrected chi connectivity index (χ2v) is 8.29. The van der Waals surface area contributed by atoms with E-state index in [1.54, 1.807) is 32.9 Å². The second-order valence-electron chi connectivity index (χ2n) is 8.29. The van der Waals surface area contributed by atoms with E-state index in [-0.39, 0.29) is 11.3 Å². The highest BCUT2D eigenvalue weighted by Gasteiger charge is 2.53. The zero-order chi connectivity index (χ0) is 25.5. The molecule has 0 aliphatic carbocycles. The van der Waals surface area contributed by atoms with Crippen LogP contribution in [0.4, 0.5) is 18.9 Å². The number of anilines is 1. The van der Waals surface area contributed by atoms with Crippen molar-refractivity contribution in [2.24, 2.45) is 11.8 Å². The summed E-state index contributed by atoms with van der Waals surface area (Å²) in [5.41, 5.74) is 0.648. The minimum absolute atomic E-state index is 0.110. The summed E-state index contributed by atoms with van der Waals surface area (Å²) in [6.07, 6.45) is -5.02. The Labute approximate surface area is 197 Å². The van der Waals surface area contributed by atoms with Crippen molar-refractivity contribution in [3.05, 3.63) is 60.0 Å². The van der Waals surface area contributed by atoms with Crippen LogP contribution in [0.1, 0.15) is 31.3 Å². The van der Waals surface area contributed by atoms with E-state index in [1.807, 2.05) is 0 Å². The van der Waals surface area contributed by atoms with Gasteiger partial charge < -0.3 is 9.26 Å². The number of carbonyl (C=O) groups excluding carboxylic acids is 3. The van der Waals surface area contributed by atoms with Crippen LogP contribution < -0.4 is 9.64 Å². The number of para-hydroxylation sites is 1. The molecular formula is C24H20F3N3O5. The summed E-state index contributed by atoms with van der Waals surface area (Å²) in [5, 5.41) is 3.81. The summed E-state index contributed by atoms with van der Waals surface area (Å²) >= 11 is 0. The van der Waals surface area contributed by atoms with Crippen LogP contribution in [0.25, 0.3) is 11.4 Å². The highest BCUT2D eigenvalue weighted by atomic mass is 19.4. The van der Waals surface area contributed by atoms with E-state index in [0.717, 1.165) is 11.0 Å². The number of ketones is 2. The fourth-order valence-corrected chi connectivity index (χ4v) is 4.04. The van der Waals surface area contributed by atoms with Crippen molar-refractivity contribution < 1.29 is 36.8 Å². The molecule has 182 valence electrons. The summed E-state index contributed by atoms with van der Waals surface area (Å²) < 4.78 is 48.5. The molecule has 2 heterocycles. The van der Waals surface area contributed by atoms with Crippen LogP contribution in [0.3, 0.4) is 0 Å². The maximum absolute atomic E-state index is 13.1. The monoisotopic (exact) mass is 487 g/mol. The molecule has 8 nitrogen and oxygen atoms in total. The van der Waals surface area contributed by atoms with Gasteiger partial charge in [0, 0.05) is 29.7 Å². The summed E-state index contributed by atoms with van der Waals surface area (Å²) in [6, 6.07) is 9.96. The number of alkyl halides is 3. The number of amides is 1. The number of hydrogen-bond acceptors (Lipinski definition) is 7. The van der Waals surface area contributed by atoms with Gasteiger partial charge in [-0.2, -0.15) is 4.98 Å². The molecule has 2 aromatic carbocycles. The minimum atomic E-state index is -5.02. The predicted molar refractivity (Wildman–Crippen MR) is 116 cm³/mol. The smallest absolute Gasteiger partial charge is 0.405 e. The molecule has 1 aliphatic rings. The van der Waals surface area contributed by atoms with Crippen LogP contribution in [0.2, 0.25) is 0 Å². The highest BCUT2D eigenvalue weighted by molar-refractivity contribution is 6.48. The van der Waals surface area contributed by atoms with Gasteiger partial charge in [0.05, 0.1) is 6.04 Å². The maximum Gasteiger partial charge on any atom is 0.573 e. The number of Topliss-reactive ketones (excluding diaryl/α,β-unsaturated/α-hetero) is 2. The zero-order valence-electron chi connectivity index (χ0n) is 18.9. The van der Waals surface area contributed by atoms with Crippen LogP contribution in [0, 0.1) is 18.8 Å². The van der Waals surface area contributed by atoms with Gasteiger partial charge >= 0.3 is 6.36 Å². The molecule has 2 unspecified atom stereocenters. The number of halogens is 3. The van der Waals surface area contributed by atoms with Crippen molar-refractivity contribution in [2.75, 3.05) is 4.90 Å². The Kier molecular flexibility index (Phi) is 6.18. The first-order valence-electron chi connectivity index (χ1n) is 10.6. The molecule has 0 spiro atoms. The minimum Gasteiger partial charge on any atom is -0.405 e. The van der Waals surface area contributed by atoms with Crippen molar-refractivity contribution in [3.8, 4) is 17.1 Å². The van der Waals surface area contributed by atoms with Crippen LogP contribution in [0.5, 0.6) is 5.75 Å². The molecule has 2 atom stereocenters. The van der Waals surface area contributed by atoms with E-state index in [4.69, 9.17) is 4.52 Å². The lowest BCUT2D eigenvalue weighted by atomic mass is 9.84. The van der Waals surface area contributed by atoms with Crippen molar-refractivity contribution in [3.63, 3.8) is 0 Å². The van der Waals surface area contributed by atoms with E-state index >= 15 is 0 Å². The molecule has 3 aromatic rings. The summed E-state index contributed by atoms with van der Waals surface area (Å²) in [6.45, 7) is 4.73. The van der Waals surface area contributed by atoms with Gasteiger partial charge in [0.1, 0.15) is 17.5 Å². The molecule has 1 aliphatic heterocycles. The van der Waals surface area contributed by atoms with E-state index in [0.29, 0.717) is 17.3 Å². The van der Waals surface area contributed by atoms with Gasteiger partial charge in [-0.1, -0.05) is 37.2 Å². The SMILES string of the molecule is Cc1nc(-c2ccc(N3C(=O)C(=O)C(C(=O)C(C)C)C3c3ccccc3OC(F)(F)F)cc2)no1. The van der Waals surface area contributed by atoms with E-state index < -0.39 is 47.5 Å². The van der Waals surface area contributed by atoms with Gasteiger partial charge in [0.15, 0.2) is 0 Å². The Balaban J connectivity index is 1.83. The first kappa shape index (κ1) is 24.1. The predicted octanol–water partition coefficient (Wildman–Crippen LogP) is 4.44. The van der Waals surface area contributed by atoms with Gasteiger partial charge in [-0.3, -0.25) is 19.3 Å². The number of benzene rings is 2. The topological polar surface area (TPSA) is 103 Å². The number of rotatable bonds is 6. The summed E-state index contributed by atoms with van der Waals surface area (Å²) in [4.78, 5) is 44.3. The molecule has 0 N–H and O–H groups in total. The largest absolute Gasteiger partial charge is 0.573 e. The molecule has 1 fully saturated rings. The number of aromatic nitrogens is 2. The molecular weight excluding hydrogens is 467 g/mol. The van der Waals surface area contributed by atoms with Crippen LogP contribution in [-0.2, 0) is 14.4 Å². The normalized spacial score (nSPS) is 18.4. The molecule has 0 bridgehead atoms. The van der Waals surface area contributed by atoms with Gasteiger partial charge in [-0.05, 0) is 30.3 Å². The third-order valence-electron chi connectivity index (χ3n) is 5.58. The lowest BCUT2D eigenvalue weighted by molar-refractivity contribution is -0.275. The third kappa shape index (κ3) is 4.66. The Morgan fingerprint density at radius 1 is 1.09 bits per heavy atom. The maximum atomic E-state index is 13.1. The Morgan fingerprint density at radius 3 is 2.31 bits per heavy atom. The Bertz CT molecular complexity index is 1280. The molecule has 1 amide bonds. The highest BCUT2D eigenvalue weighted by Crippen LogP contribution is 2.45. The lowest BCUT2D eigenvalue weighted by Crippen LogP contribution is -2.32. The number of carbonyl (C=O) groups is 3. The lowest BCUT2D eigenvalue weighted by Gasteiger charge is -2.29. The first-order chi connectivity index (χ1) is 16.5. The van der Waals surface area contributed by atoms with Crippen LogP contribution in [-0.4, -0.2) is 34.0 Å². The molecule has 1 saturated heterocycles. The van der Waals surface area contributed by atoms with Gasteiger partial charge in [-0.25, -0.2) is 0 Å². The van der Waals surface area contributed by atoms with Crippen molar-refractivity contribution in [2.45, 2.75) is 33.2 Å². The van der Waals surface area contributed by atoms with Gasteiger partial charge in [0.25, 0.3) is 5.91 Å². The molecule has 35 heavy (non-hydrogen) atoms. The number of aryl methyl sites for hydroxylation is 1. The van der Waals surface area contributed by atoms with Crippen LogP contribution in [0.15, 0.2) is 53.1 Å². The number of nitrogens with zero attached hydrogens (tertiary/aromatic N) is 3. The average molecular weight is 487 g/mol. The van der Waals surface area contributed by atoms with Crippen molar-refractivity contribution in [1.82, 2.24) is 10.1 Å². The molecule has 0 radical (unpaired) electrons. The van der Waals surface area contributed by atoms with E-state index in [2.05, 4.69) is 14.9 Å². The number of ether oxygens (including phenoxy) is 1. The quantitative estimate of drug-likeness (QED) is 0.374. The summed E-state index contributed by atoms with van der Waals surface area (Å²) in [7, 11) is 0. The fraction of sp³-hybridized carbons (Fsp3) is 0.292. The Hall–Kier alpha value is -4.02. The fourth-order valence-electron chi connectivity index (χ4n) is 4.04. The summed E-state index contributed by atoms with van der Waals surface area (Å²) in [5.74, 6) is -4.65. The van der Waals surface area contributed by atoms with E-state index in [9.17, 15) is 27.6 Å². The first-order valence-corrected chi connectivity index (χ1v) is 10.6. The number of hydrogen-bond donors (Lipinski definition) is 0.